The van der Waals surface area contributed by atoms with Crippen LogP contribution < -0.4 is 0 Å². The van der Waals surface area contributed by atoms with Crippen LogP contribution >= 0.6 is 11.6 Å². The largest absolute Gasteiger partial charge is 0.394 e. The van der Waals surface area contributed by atoms with Crippen molar-refractivity contribution < 1.29 is 50.3 Å². The first-order valence-electron chi connectivity index (χ1n) is 12.4. The summed E-state index contributed by atoms with van der Waals surface area (Å²) in [7, 11) is 0. The first-order chi connectivity index (χ1) is 17.2. The highest BCUT2D eigenvalue weighted by Gasteiger charge is 2.43. The number of aliphatic hydroxyl groups is 8. The molecule has 36 heavy (non-hydrogen) atoms. The molecular formula is C25H37ClO10. The Labute approximate surface area is 215 Å². The van der Waals surface area contributed by atoms with Gasteiger partial charge in [-0.3, -0.25) is 0 Å². The summed E-state index contributed by atoms with van der Waals surface area (Å²) in [6.45, 7) is -1.02. The highest BCUT2D eigenvalue weighted by Crippen LogP contribution is 2.29. The molecule has 0 aromatic heterocycles. The summed E-state index contributed by atoms with van der Waals surface area (Å²) in [5.41, 5.74) is 0. The fraction of sp³-hybridized carbons (Fsp3) is 0.840. The molecule has 0 aromatic rings. The molecule has 0 amide bonds. The van der Waals surface area contributed by atoms with E-state index in [9.17, 15) is 40.9 Å². The zero-order valence-electron chi connectivity index (χ0n) is 19.9. The molecule has 0 spiro atoms. The second kappa shape index (κ2) is 13.7. The van der Waals surface area contributed by atoms with Crippen LogP contribution in [0.3, 0.4) is 0 Å². The number of ether oxygens (including phenoxy) is 2. The summed E-state index contributed by atoms with van der Waals surface area (Å²) in [5, 5.41) is 78.6. The van der Waals surface area contributed by atoms with Crippen molar-refractivity contribution in [3.05, 3.63) is 0 Å². The summed E-state index contributed by atoms with van der Waals surface area (Å²) in [5.74, 6) is 11.8. The SMILES string of the molecule is OC[C@H]1O[C@H](C#CC2CCCC(C#C[C@H]3O[C@H](CO)[C@@H](O)[C@H](O)[C@@H]3O)CC(Cl)CC2)[C@@H](O)[C@@H](O)[C@@H]1O. The van der Waals surface area contributed by atoms with Crippen LogP contribution in [-0.2, 0) is 9.47 Å². The Hall–Kier alpha value is -0.990. The van der Waals surface area contributed by atoms with Crippen LogP contribution in [0, 0.1) is 35.5 Å². The summed E-state index contributed by atoms with van der Waals surface area (Å²) in [6, 6.07) is 0. The monoisotopic (exact) mass is 532 g/mol. The van der Waals surface area contributed by atoms with Gasteiger partial charge in [0.2, 0.25) is 0 Å². The summed E-state index contributed by atoms with van der Waals surface area (Å²) >= 11 is 6.55. The van der Waals surface area contributed by atoms with Crippen molar-refractivity contribution in [2.45, 2.75) is 105 Å². The lowest BCUT2D eigenvalue weighted by Crippen LogP contribution is -2.58. The molecule has 8 N–H and O–H groups in total. The van der Waals surface area contributed by atoms with Crippen molar-refractivity contribution in [2.24, 2.45) is 11.8 Å². The Bertz CT molecular complexity index is 817. The summed E-state index contributed by atoms with van der Waals surface area (Å²) in [4.78, 5) is 0. The average molecular weight is 533 g/mol. The second-order valence-corrected chi connectivity index (χ2v) is 10.4. The normalized spacial score (nSPS) is 46.2. The third kappa shape index (κ3) is 7.31. The van der Waals surface area contributed by atoms with E-state index in [0.29, 0.717) is 25.7 Å². The van der Waals surface area contributed by atoms with E-state index in [0.717, 1.165) is 12.8 Å². The molecule has 3 aliphatic rings. The lowest BCUT2D eigenvalue weighted by Gasteiger charge is -2.38. The van der Waals surface area contributed by atoms with E-state index in [4.69, 9.17) is 21.1 Å². The molecule has 10 nitrogen and oxygen atoms in total. The number of hydrogen-bond acceptors (Lipinski definition) is 10. The third-order valence-corrected chi connectivity index (χ3v) is 7.51. The number of halogens is 1. The maximum Gasteiger partial charge on any atom is 0.147 e. The molecule has 2 aliphatic heterocycles. The standard InChI is InChI=1S/C25H37ClO10/c26-15-7-4-13(5-8-16-20(29)24(33)22(31)18(11-27)35-16)2-1-3-14(10-15)6-9-17-21(30)25(34)23(32)19(12-28)36-17/h13-25,27-34H,1-4,7,10-12H2/t13?,14?,15?,16-,17-,18-,19-,20-,21-,22-,23-,24-,25-/m1/s1. The summed E-state index contributed by atoms with van der Waals surface area (Å²) in [6.07, 6.45) is -8.43. The maximum atomic E-state index is 10.2. The van der Waals surface area contributed by atoms with Crippen molar-refractivity contribution in [1.82, 2.24) is 0 Å². The zero-order chi connectivity index (χ0) is 26.4. The van der Waals surface area contributed by atoms with Gasteiger partial charge < -0.3 is 50.3 Å². The molecule has 3 fully saturated rings. The minimum atomic E-state index is -1.47. The van der Waals surface area contributed by atoms with Crippen LogP contribution in [0.15, 0.2) is 0 Å². The molecule has 0 bridgehead atoms. The van der Waals surface area contributed by atoms with Gasteiger partial charge in [0, 0.05) is 17.2 Å². The zero-order valence-corrected chi connectivity index (χ0v) is 20.7. The second-order valence-electron chi connectivity index (χ2n) is 9.81. The topological polar surface area (TPSA) is 180 Å². The molecule has 1 aliphatic carbocycles. The van der Waals surface area contributed by atoms with Gasteiger partial charge in [-0.1, -0.05) is 30.1 Å². The Morgan fingerprint density at radius 2 is 1.06 bits per heavy atom. The molecule has 11 heteroatoms. The van der Waals surface area contributed by atoms with Crippen molar-refractivity contribution in [3.8, 4) is 23.7 Å². The quantitative estimate of drug-likeness (QED) is 0.145. The molecule has 3 rings (SSSR count). The highest BCUT2D eigenvalue weighted by atomic mass is 35.5. The van der Waals surface area contributed by atoms with E-state index < -0.39 is 74.3 Å². The Balaban J connectivity index is 1.61. The average Bonchev–Trinajstić information content (AvgIpc) is 2.95. The molecule has 1 saturated carbocycles. The van der Waals surface area contributed by atoms with Crippen LogP contribution in [0.5, 0.6) is 0 Å². The van der Waals surface area contributed by atoms with Crippen LogP contribution in [-0.4, -0.2) is 120 Å². The molecule has 3 unspecified atom stereocenters. The van der Waals surface area contributed by atoms with Crippen LogP contribution in [0.4, 0.5) is 0 Å². The Morgan fingerprint density at radius 1 is 0.583 bits per heavy atom. The molecule has 0 radical (unpaired) electrons. The fourth-order valence-electron chi connectivity index (χ4n) is 4.80. The van der Waals surface area contributed by atoms with Crippen LogP contribution in [0.2, 0.25) is 0 Å². The van der Waals surface area contributed by atoms with Crippen molar-refractivity contribution in [1.29, 1.82) is 0 Å². The van der Waals surface area contributed by atoms with E-state index in [1.165, 1.54) is 0 Å². The number of aliphatic hydroxyl groups excluding tert-OH is 8. The fourth-order valence-corrected chi connectivity index (χ4v) is 5.14. The number of rotatable bonds is 2. The smallest absolute Gasteiger partial charge is 0.147 e. The van der Waals surface area contributed by atoms with Gasteiger partial charge in [0.1, 0.15) is 61.0 Å². The van der Waals surface area contributed by atoms with Gasteiger partial charge >= 0.3 is 0 Å². The van der Waals surface area contributed by atoms with Crippen LogP contribution in [0.1, 0.15) is 38.5 Å². The van der Waals surface area contributed by atoms with Crippen molar-refractivity contribution >= 4 is 11.6 Å². The van der Waals surface area contributed by atoms with E-state index in [1.807, 2.05) is 0 Å². The number of hydrogen-bond donors (Lipinski definition) is 8. The minimum absolute atomic E-state index is 0.0317. The minimum Gasteiger partial charge on any atom is -0.394 e. The first-order valence-corrected chi connectivity index (χ1v) is 12.9. The van der Waals surface area contributed by atoms with Gasteiger partial charge in [-0.25, -0.2) is 0 Å². The van der Waals surface area contributed by atoms with Gasteiger partial charge in [-0.05, 0) is 32.1 Å². The van der Waals surface area contributed by atoms with Gasteiger partial charge in [0.25, 0.3) is 0 Å². The van der Waals surface area contributed by atoms with Gasteiger partial charge in [0.05, 0.1) is 13.2 Å². The molecule has 204 valence electrons. The maximum absolute atomic E-state index is 10.2. The third-order valence-electron chi connectivity index (χ3n) is 7.12. The predicted molar refractivity (Wildman–Crippen MR) is 127 cm³/mol. The Kier molecular flexibility index (Phi) is 11.3. The molecule has 2 saturated heterocycles. The van der Waals surface area contributed by atoms with Crippen molar-refractivity contribution in [2.75, 3.05) is 13.2 Å². The lowest BCUT2D eigenvalue weighted by molar-refractivity contribution is -0.214. The Morgan fingerprint density at radius 3 is 1.56 bits per heavy atom. The summed E-state index contributed by atoms with van der Waals surface area (Å²) < 4.78 is 10.9. The highest BCUT2D eigenvalue weighted by molar-refractivity contribution is 6.20. The van der Waals surface area contributed by atoms with Gasteiger partial charge in [-0.2, -0.15) is 0 Å². The lowest BCUT2D eigenvalue weighted by atomic mass is 9.93. The number of alkyl halides is 1. The van der Waals surface area contributed by atoms with E-state index in [-0.39, 0.29) is 17.2 Å². The predicted octanol–water partition coefficient (Wildman–Crippen LogP) is -2.13. The van der Waals surface area contributed by atoms with E-state index >= 15 is 0 Å². The van der Waals surface area contributed by atoms with Gasteiger partial charge in [-0.15, -0.1) is 11.6 Å². The molecule has 13 atom stereocenters. The van der Waals surface area contributed by atoms with E-state index in [1.54, 1.807) is 0 Å². The van der Waals surface area contributed by atoms with Crippen LogP contribution in [0.25, 0.3) is 0 Å². The van der Waals surface area contributed by atoms with Crippen molar-refractivity contribution in [3.63, 3.8) is 0 Å². The molecule has 0 aromatic carbocycles. The molecular weight excluding hydrogens is 496 g/mol. The van der Waals surface area contributed by atoms with E-state index in [2.05, 4.69) is 23.7 Å². The first kappa shape index (κ1) is 29.6. The molecule has 2 heterocycles. The van der Waals surface area contributed by atoms with Gasteiger partial charge in [0.15, 0.2) is 0 Å².